The first-order chi connectivity index (χ1) is 7.02. The Morgan fingerprint density at radius 2 is 2.20 bits per heavy atom. The highest BCUT2D eigenvalue weighted by molar-refractivity contribution is 5.82. The number of nitrogens with zero attached hydrogens (tertiary/aromatic N) is 1. The van der Waals surface area contributed by atoms with E-state index in [-0.39, 0.29) is 19.6 Å². The van der Waals surface area contributed by atoms with E-state index >= 15 is 0 Å². The maximum Gasteiger partial charge on any atom is 0.326 e. The Bertz CT molecular complexity index is 272. The number of aliphatic carboxylic acids is 1. The van der Waals surface area contributed by atoms with Gasteiger partial charge in [0.2, 0.25) is 0 Å². The van der Waals surface area contributed by atoms with Crippen molar-refractivity contribution in [2.24, 2.45) is 0 Å². The van der Waals surface area contributed by atoms with Crippen molar-refractivity contribution in [1.82, 2.24) is 10.2 Å². The van der Waals surface area contributed by atoms with Gasteiger partial charge in [-0.3, -0.25) is 0 Å². The van der Waals surface area contributed by atoms with E-state index in [9.17, 15) is 9.59 Å². The van der Waals surface area contributed by atoms with Gasteiger partial charge >= 0.3 is 12.0 Å². The quantitative estimate of drug-likeness (QED) is 0.517. The summed E-state index contributed by atoms with van der Waals surface area (Å²) in [6, 6.07) is -1.67. The Hall–Kier alpha value is -1.74. The molecule has 2 amide bonds. The Balaban J connectivity index is 4.23. The van der Waals surface area contributed by atoms with Crippen molar-refractivity contribution >= 4 is 12.0 Å². The molecule has 15 heavy (non-hydrogen) atoms. The summed E-state index contributed by atoms with van der Waals surface area (Å²) in [4.78, 5) is 23.1. The van der Waals surface area contributed by atoms with E-state index in [2.05, 4.69) is 11.2 Å². The first-order valence-electron chi connectivity index (χ1n) is 4.31. The normalized spacial score (nSPS) is 11.3. The van der Waals surface area contributed by atoms with Gasteiger partial charge in [-0.25, -0.2) is 9.59 Å². The van der Waals surface area contributed by atoms with Crippen LogP contribution in [0.1, 0.15) is 6.42 Å². The number of nitrogens with one attached hydrogen (secondary N) is 1. The maximum atomic E-state index is 11.3. The van der Waals surface area contributed by atoms with E-state index in [4.69, 9.17) is 16.6 Å². The lowest BCUT2D eigenvalue weighted by Crippen LogP contribution is -2.47. The van der Waals surface area contributed by atoms with Crippen LogP contribution in [0, 0.1) is 12.3 Å². The van der Waals surface area contributed by atoms with Crippen LogP contribution < -0.4 is 5.32 Å². The zero-order valence-corrected chi connectivity index (χ0v) is 8.43. The Kier molecular flexibility index (Phi) is 5.90. The summed E-state index contributed by atoms with van der Waals surface area (Å²) >= 11 is 0. The summed E-state index contributed by atoms with van der Waals surface area (Å²) in [6.45, 7) is -0.215. The zero-order valence-electron chi connectivity index (χ0n) is 8.43. The van der Waals surface area contributed by atoms with Crippen LogP contribution in [0.2, 0.25) is 0 Å². The first-order valence-corrected chi connectivity index (χ1v) is 4.31. The minimum absolute atomic E-state index is 0.0367. The Labute approximate surface area is 87.9 Å². The number of carboxylic acid groups (broad SMARTS) is 1. The largest absolute Gasteiger partial charge is 0.480 e. The second-order valence-electron chi connectivity index (χ2n) is 2.91. The standard InChI is InChI=1S/C9H14N2O4/c1-3-5-11(2)9(15)10-7(4-6-12)8(13)14/h1,7,12H,4-6H2,2H3,(H,10,15)(H,13,14)/t7-/m0/s1. The third-order valence-electron chi connectivity index (χ3n) is 1.69. The van der Waals surface area contributed by atoms with Gasteiger partial charge in [0.15, 0.2) is 0 Å². The van der Waals surface area contributed by atoms with E-state index in [1.807, 2.05) is 0 Å². The number of carboxylic acids is 1. The number of aliphatic hydroxyl groups excluding tert-OH is 1. The lowest BCUT2D eigenvalue weighted by molar-refractivity contribution is -0.139. The van der Waals surface area contributed by atoms with Crippen molar-refractivity contribution in [3.05, 3.63) is 0 Å². The molecule has 0 saturated heterocycles. The topological polar surface area (TPSA) is 89.9 Å². The van der Waals surface area contributed by atoms with Crippen molar-refractivity contribution in [2.45, 2.75) is 12.5 Å². The molecule has 1 atom stereocenters. The van der Waals surface area contributed by atoms with Crippen LogP contribution in [0.25, 0.3) is 0 Å². The number of amides is 2. The molecule has 0 saturated carbocycles. The third kappa shape index (κ3) is 4.88. The van der Waals surface area contributed by atoms with Crippen LogP contribution in [0.5, 0.6) is 0 Å². The fraction of sp³-hybridized carbons (Fsp3) is 0.556. The number of carbonyl (C=O) groups excluding carboxylic acids is 1. The highest BCUT2D eigenvalue weighted by Crippen LogP contribution is 1.93. The SMILES string of the molecule is C#CCN(C)C(=O)N[C@@H](CCO)C(=O)O. The molecule has 0 aromatic heterocycles. The maximum absolute atomic E-state index is 11.3. The van der Waals surface area contributed by atoms with Gasteiger partial charge in [0, 0.05) is 20.1 Å². The minimum atomic E-state index is -1.19. The second kappa shape index (κ2) is 6.68. The molecule has 0 heterocycles. The molecule has 0 spiro atoms. The van der Waals surface area contributed by atoms with Crippen molar-refractivity contribution in [3.8, 4) is 12.3 Å². The highest BCUT2D eigenvalue weighted by atomic mass is 16.4. The molecule has 0 aliphatic carbocycles. The average Bonchev–Trinajstić information content (AvgIpc) is 2.17. The summed E-state index contributed by atoms with van der Waals surface area (Å²) in [5.41, 5.74) is 0. The fourth-order valence-electron chi connectivity index (χ4n) is 0.854. The number of terminal acetylenes is 1. The molecule has 0 fully saturated rings. The molecule has 0 unspecified atom stereocenters. The molecule has 6 nitrogen and oxygen atoms in total. The minimum Gasteiger partial charge on any atom is -0.480 e. The van der Waals surface area contributed by atoms with Crippen molar-refractivity contribution in [3.63, 3.8) is 0 Å². The Morgan fingerprint density at radius 1 is 1.60 bits per heavy atom. The molecule has 0 aliphatic heterocycles. The van der Waals surface area contributed by atoms with E-state index in [1.54, 1.807) is 0 Å². The molecule has 3 N–H and O–H groups in total. The first kappa shape index (κ1) is 13.3. The van der Waals surface area contributed by atoms with Crippen molar-refractivity contribution in [2.75, 3.05) is 20.2 Å². The van der Waals surface area contributed by atoms with E-state index in [0.29, 0.717) is 0 Å². The summed E-state index contributed by atoms with van der Waals surface area (Å²) < 4.78 is 0. The van der Waals surface area contributed by atoms with E-state index in [0.717, 1.165) is 0 Å². The van der Waals surface area contributed by atoms with Crippen LogP contribution in [0.4, 0.5) is 4.79 Å². The van der Waals surface area contributed by atoms with Gasteiger partial charge in [-0.2, -0.15) is 0 Å². The summed E-state index contributed by atoms with van der Waals surface area (Å²) in [7, 11) is 1.45. The number of urea groups is 1. The fourth-order valence-corrected chi connectivity index (χ4v) is 0.854. The molecule has 0 aliphatic rings. The van der Waals surface area contributed by atoms with Crippen LogP contribution >= 0.6 is 0 Å². The molecule has 0 aromatic carbocycles. The number of rotatable bonds is 5. The predicted molar refractivity (Wildman–Crippen MR) is 53.1 cm³/mol. The predicted octanol–water partition coefficient (Wildman–Crippen LogP) is -0.903. The summed E-state index contributed by atoms with van der Waals surface area (Å²) in [5, 5.41) is 19.5. The van der Waals surface area contributed by atoms with Crippen LogP contribution in [0.15, 0.2) is 0 Å². The molecule has 0 aromatic rings. The van der Waals surface area contributed by atoms with Gasteiger partial charge in [-0.1, -0.05) is 5.92 Å². The number of hydrogen-bond acceptors (Lipinski definition) is 3. The third-order valence-corrected chi connectivity index (χ3v) is 1.69. The lowest BCUT2D eigenvalue weighted by Gasteiger charge is -2.18. The van der Waals surface area contributed by atoms with Gasteiger partial charge in [0.1, 0.15) is 6.04 Å². The van der Waals surface area contributed by atoms with Crippen LogP contribution in [-0.2, 0) is 4.79 Å². The molecular weight excluding hydrogens is 200 g/mol. The van der Waals surface area contributed by atoms with Gasteiger partial charge in [0.25, 0.3) is 0 Å². The highest BCUT2D eigenvalue weighted by Gasteiger charge is 2.20. The van der Waals surface area contributed by atoms with Gasteiger partial charge in [-0.15, -0.1) is 6.42 Å². The summed E-state index contributed by atoms with van der Waals surface area (Å²) in [5.74, 6) is 1.06. The van der Waals surface area contributed by atoms with E-state index in [1.165, 1.54) is 11.9 Å². The number of carbonyl (C=O) groups is 2. The molecule has 6 heteroatoms. The van der Waals surface area contributed by atoms with Crippen LogP contribution in [0.3, 0.4) is 0 Å². The monoisotopic (exact) mass is 214 g/mol. The average molecular weight is 214 g/mol. The number of hydrogen-bond donors (Lipinski definition) is 3. The molecular formula is C9H14N2O4. The molecule has 84 valence electrons. The number of aliphatic hydroxyl groups is 1. The smallest absolute Gasteiger partial charge is 0.326 e. The van der Waals surface area contributed by atoms with Gasteiger partial charge in [-0.05, 0) is 0 Å². The van der Waals surface area contributed by atoms with Crippen molar-refractivity contribution in [1.29, 1.82) is 0 Å². The van der Waals surface area contributed by atoms with E-state index < -0.39 is 18.0 Å². The van der Waals surface area contributed by atoms with Crippen LogP contribution in [-0.4, -0.2) is 53.4 Å². The Morgan fingerprint density at radius 3 is 2.60 bits per heavy atom. The molecule has 0 bridgehead atoms. The lowest BCUT2D eigenvalue weighted by atomic mass is 10.2. The summed E-state index contributed by atoms with van der Waals surface area (Å²) in [6.07, 6.45) is 4.95. The molecule has 0 rings (SSSR count). The van der Waals surface area contributed by atoms with Gasteiger partial charge in [0.05, 0.1) is 6.54 Å². The van der Waals surface area contributed by atoms with Crippen molar-refractivity contribution < 1.29 is 19.8 Å². The van der Waals surface area contributed by atoms with Gasteiger partial charge < -0.3 is 20.4 Å². The molecule has 0 radical (unpaired) electrons. The second-order valence-corrected chi connectivity index (χ2v) is 2.91. The zero-order chi connectivity index (χ0) is 11.8.